The SMILES string of the molecule is Cc1ccc(SCC(N)c2ccc(Cl)s2)cc1. The standard InChI is InChI=1S/C13H14ClNS2/c1-9-2-4-10(5-3-9)16-8-11(15)12-6-7-13(14)17-12/h2-7,11H,8,15H2,1H3. The van der Waals surface area contributed by atoms with E-state index in [2.05, 4.69) is 31.2 Å². The molecule has 0 aliphatic carbocycles. The lowest BCUT2D eigenvalue weighted by atomic mass is 10.2. The van der Waals surface area contributed by atoms with Gasteiger partial charge in [-0.05, 0) is 31.2 Å². The fourth-order valence-electron chi connectivity index (χ4n) is 1.43. The third kappa shape index (κ3) is 3.75. The molecule has 0 fully saturated rings. The van der Waals surface area contributed by atoms with Crippen LogP contribution in [0.4, 0.5) is 0 Å². The van der Waals surface area contributed by atoms with Crippen LogP contribution in [0.3, 0.4) is 0 Å². The van der Waals surface area contributed by atoms with Crippen LogP contribution < -0.4 is 5.73 Å². The molecule has 0 spiro atoms. The Morgan fingerprint density at radius 1 is 1.24 bits per heavy atom. The molecule has 1 aromatic carbocycles. The molecule has 17 heavy (non-hydrogen) atoms. The highest BCUT2D eigenvalue weighted by atomic mass is 35.5. The van der Waals surface area contributed by atoms with Crippen molar-refractivity contribution < 1.29 is 0 Å². The number of rotatable bonds is 4. The number of aryl methyl sites for hydroxylation is 1. The van der Waals surface area contributed by atoms with Crippen LogP contribution in [0.5, 0.6) is 0 Å². The van der Waals surface area contributed by atoms with Gasteiger partial charge in [-0.2, -0.15) is 0 Å². The van der Waals surface area contributed by atoms with Crippen molar-refractivity contribution in [3.8, 4) is 0 Å². The van der Waals surface area contributed by atoms with Crippen molar-refractivity contribution in [2.24, 2.45) is 5.73 Å². The molecule has 1 heterocycles. The third-order valence-electron chi connectivity index (χ3n) is 2.41. The van der Waals surface area contributed by atoms with Gasteiger partial charge < -0.3 is 5.73 Å². The Morgan fingerprint density at radius 3 is 2.53 bits per heavy atom. The van der Waals surface area contributed by atoms with E-state index in [0.717, 1.165) is 15.0 Å². The number of thiophene rings is 1. The van der Waals surface area contributed by atoms with Crippen LogP contribution >= 0.6 is 34.7 Å². The summed E-state index contributed by atoms with van der Waals surface area (Å²) in [6, 6.07) is 12.5. The van der Waals surface area contributed by atoms with E-state index in [1.165, 1.54) is 10.5 Å². The van der Waals surface area contributed by atoms with Gasteiger partial charge in [0.05, 0.1) is 4.34 Å². The summed E-state index contributed by atoms with van der Waals surface area (Å²) in [6.45, 7) is 2.09. The van der Waals surface area contributed by atoms with Crippen molar-refractivity contribution >= 4 is 34.7 Å². The van der Waals surface area contributed by atoms with Gasteiger partial charge in [-0.1, -0.05) is 29.3 Å². The monoisotopic (exact) mass is 283 g/mol. The normalized spacial score (nSPS) is 12.6. The molecular weight excluding hydrogens is 270 g/mol. The first-order valence-electron chi connectivity index (χ1n) is 5.35. The zero-order valence-corrected chi connectivity index (χ0v) is 11.9. The first-order valence-corrected chi connectivity index (χ1v) is 7.53. The van der Waals surface area contributed by atoms with Crippen molar-refractivity contribution in [2.75, 3.05) is 5.75 Å². The predicted molar refractivity (Wildman–Crippen MR) is 78.2 cm³/mol. The molecule has 0 amide bonds. The molecule has 1 unspecified atom stereocenters. The Bertz CT molecular complexity index is 478. The molecule has 90 valence electrons. The van der Waals surface area contributed by atoms with Crippen LogP contribution in [0.25, 0.3) is 0 Å². The van der Waals surface area contributed by atoms with E-state index in [1.807, 2.05) is 12.1 Å². The molecular formula is C13H14ClNS2. The zero-order chi connectivity index (χ0) is 12.3. The number of benzene rings is 1. The van der Waals surface area contributed by atoms with E-state index in [4.69, 9.17) is 17.3 Å². The Kier molecular flexibility index (Phi) is 4.51. The molecule has 0 bridgehead atoms. The van der Waals surface area contributed by atoms with Crippen LogP contribution in [-0.2, 0) is 0 Å². The lowest BCUT2D eigenvalue weighted by Crippen LogP contribution is -2.11. The minimum absolute atomic E-state index is 0.0544. The highest BCUT2D eigenvalue weighted by Crippen LogP contribution is 2.29. The van der Waals surface area contributed by atoms with Crippen molar-refractivity contribution in [1.82, 2.24) is 0 Å². The lowest BCUT2D eigenvalue weighted by Gasteiger charge is -2.09. The Morgan fingerprint density at radius 2 is 1.94 bits per heavy atom. The van der Waals surface area contributed by atoms with Crippen molar-refractivity contribution in [1.29, 1.82) is 0 Å². The van der Waals surface area contributed by atoms with Crippen LogP contribution in [0.1, 0.15) is 16.5 Å². The van der Waals surface area contributed by atoms with Crippen LogP contribution in [0, 0.1) is 6.92 Å². The van der Waals surface area contributed by atoms with Gasteiger partial charge in [0.15, 0.2) is 0 Å². The molecule has 2 rings (SSSR count). The minimum atomic E-state index is 0.0544. The molecule has 1 atom stereocenters. The Balaban J connectivity index is 1.92. The van der Waals surface area contributed by atoms with Crippen LogP contribution in [0.2, 0.25) is 4.34 Å². The van der Waals surface area contributed by atoms with E-state index < -0.39 is 0 Å². The maximum absolute atomic E-state index is 6.12. The van der Waals surface area contributed by atoms with Crippen LogP contribution in [0.15, 0.2) is 41.3 Å². The molecule has 0 saturated heterocycles. The quantitative estimate of drug-likeness (QED) is 0.836. The molecule has 2 N–H and O–H groups in total. The maximum Gasteiger partial charge on any atom is 0.0931 e. The summed E-state index contributed by atoms with van der Waals surface area (Å²) in [5.74, 6) is 0.875. The smallest absolute Gasteiger partial charge is 0.0931 e. The fourth-order valence-corrected chi connectivity index (χ4v) is 3.48. The third-order valence-corrected chi connectivity index (χ3v) is 4.90. The molecule has 2 aromatic rings. The van der Waals surface area contributed by atoms with Gasteiger partial charge in [0.1, 0.15) is 0 Å². The number of hydrogen-bond donors (Lipinski definition) is 1. The lowest BCUT2D eigenvalue weighted by molar-refractivity contribution is 0.852. The molecule has 0 radical (unpaired) electrons. The summed E-state index contributed by atoms with van der Waals surface area (Å²) in [7, 11) is 0. The largest absolute Gasteiger partial charge is 0.323 e. The van der Waals surface area contributed by atoms with Gasteiger partial charge in [0.2, 0.25) is 0 Å². The average Bonchev–Trinajstić information content (AvgIpc) is 2.75. The van der Waals surface area contributed by atoms with Crippen LogP contribution in [-0.4, -0.2) is 5.75 Å². The van der Waals surface area contributed by atoms with Gasteiger partial charge in [0.25, 0.3) is 0 Å². The molecule has 4 heteroatoms. The van der Waals surface area contributed by atoms with E-state index in [1.54, 1.807) is 23.1 Å². The van der Waals surface area contributed by atoms with E-state index in [-0.39, 0.29) is 6.04 Å². The van der Waals surface area contributed by atoms with Crippen molar-refractivity contribution in [3.63, 3.8) is 0 Å². The summed E-state index contributed by atoms with van der Waals surface area (Å²) in [4.78, 5) is 2.41. The summed E-state index contributed by atoms with van der Waals surface area (Å²) < 4.78 is 0.802. The summed E-state index contributed by atoms with van der Waals surface area (Å²) >= 11 is 9.24. The molecule has 0 saturated carbocycles. The Labute approximate surface area is 115 Å². The molecule has 0 aliphatic rings. The summed E-state index contributed by atoms with van der Waals surface area (Å²) in [6.07, 6.45) is 0. The van der Waals surface area contributed by atoms with E-state index in [0.29, 0.717) is 0 Å². The van der Waals surface area contributed by atoms with Gasteiger partial charge in [-0.15, -0.1) is 23.1 Å². The second-order valence-electron chi connectivity index (χ2n) is 3.87. The number of hydrogen-bond acceptors (Lipinski definition) is 3. The second kappa shape index (κ2) is 5.91. The minimum Gasteiger partial charge on any atom is -0.323 e. The van der Waals surface area contributed by atoms with Gasteiger partial charge in [0, 0.05) is 21.6 Å². The molecule has 1 nitrogen and oxygen atoms in total. The molecule has 0 aliphatic heterocycles. The average molecular weight is 284 g/mol. The maximum atomic E-state index is 6.12. The van der Waals surface area contributed by atoms with E-state index in [9.17, 15) is 0 Å². The van der Waals surface area contributed by atoms with Crippen molar-refractivity contribution in [3.05, 3.63) is 51.2 Å². The summed E-state index contributed by atoms with van der Waals surface area (Å²) in [5.41, 5.74) is 7.40. The fraction of sp³-hybridized carbons (Fsp3) is 0.231. The zero-order valence-electron chi connectivity index (χ0n) is 9.52. The number of thioether (sulfide) groups is 1. The number of nitrogens with two attached hydrogens (primary N) is 1. The molecule has 1 aromatic heterocycles. The van der Waals surface area contributed by atoms with Gasteiger partial charge in [-0.25, -0.2) is 0 Å². The predicted octanol–water partition coefficient (Wildman–Crippen LogP) is 4.50. The van der Waals surface area contributed by atoms with E-state index >= 15 is 0 Å². The first-order chi connectivity index (χ1) is 8.15. The topological polar surface area (TPSA) is 26.0 Å². The number of halogens is 1. The Hall–Kier alpha value is -0.480. The van der Waals surface area contributed by atoms with Crippen molar-refractivity contribution in [2.45, 2.75) is 17.9 Å². The summed E-state index contributed by atoms with van der Waals surface area (Å²) in [5, 5.41) is 0. The highest BCUT2D eigenvalue weighted by molar-refractivity contribution is 7.99. The second-order valence-corrected chi connectivity index (χ2v) is 6.71. The van der Waals surface area contributed by atoms with Gasteiger partial charge in [-0.3, -0.25) is 0 Å². The highest BCUT2D eigenvalue weighted by Gasteiger charge is 2.09. The van der Waals surface area contributed by atoms with Gasteiger partial charge >= 0.3 is 0 Å². The first kappa shape index (κ1) is 13.0.